The van der Waals surface area contributed by atoms with E-state index in [1.54, 1.807) is 23.9 Å². The van der Waals surface area contributed by atoms with Gasteiger partial charge < -0.3 is 10.0 Å². The molecule has 1 amide bonds. The lowest BCUT2D eigenvalue weighted by Gasteiger charge is -2.27. The molecule has 0 heterocycles. The second-order valence-corrected chi connectivity index (χ2v) is 7.22. The number of hydrogen-bond donors (Lipinski definition) is 1. The number of benzene rings is 2. The van der Waals surface area contributed by atoms with E-state index in [0.717, 1.165) is 11.1 Å². The molecular formula is C19H22ClNO2S. The monoisotopic (exact) mass is 363 g/mol. The average Bonchev–Trinajstić information content (AvgIpc) is 2.56. The standard InChI is InChI=1S/C19H22ClNO2S/c1-13(2)21(12-15-5-4-6-16(9-15)24-3)19(23)11-14-7-8-18(22)17(20)10-14/h4-10,13,22H,11-12H2,1-3H3. The lowest BCUT2D eigenvalue weighted by molar-refractivity contribution is -0.132. The van der Waals surface area contributed by atoms with Gasteiger partial charge in [-0.2, -0.15) is 0 Å². The molecule has 0 radical (unpaired) electrons. The van der Waals surface area contributed by atoms with Gasteiger partial charge in [-0.1, -0.05) is 29.8 Å². The third-order valence-corrected chi connectivity index (χ3v) is 4.83. The molecule has 0 aliphatic heterocycles. The smallest absolute Gasteiger partial charge is 0.227 e. The SMILES string of the molecule is CSc1cccc(CN(C(=O)Cc2ccc(O)c(Cl)c2)C(C)C)c1. The van der Waals surface area contributed by atoms with Crippen LogP contribution in [0.5, 0.6) is 5.75 Å². The van der Waals surface area contributed by atoms with Crippen LogP contribution in [0.3, 0.4) is 0 Å². The van der Waals surface area contributed by atoms with Crippen molar-refractivity contribution in [2.45, 2.75) is 37.8 Å². The summed E-state index contributed by atoms with van der Waals surface area (Å²) in [6, 6.07) is 13.2. The van der Waals surface area contributed by atoms with Crippen LogP contribution >= 0.6 is 23.4 Å². The Labute approximate surface area is 152 Å². The molecule has 0 unspecified atom stereocenters. The molecule has 24 heavy (non-hydrogen) atoms. The van der Waals surface area contributed by atoms with Crippen LogP contribution in [0.2, 0.25) is 5.02 Å². The van der Waals surface area contributed by atoms with Crippen molar-refractivity contribution >= 4 is 29.3 Å². The zero-order chi connectivity index (χ0) is 17.7. The number of amides is 1. The first kappa shape index (κ1) is 18.7. The molecule has 0 saturated carbocycles. The highest BCUT2D eigenvalue weighted by Crippen LogP contribution is 2.24. The van der Waals surface area contributed by atoms with Gasteiger partial charge in [0.05, 0.1) is 11.4 Å². The number of phenols is 1. The van der Waals surface area contributed by atoms with Gasteiger partial charge in [0.15, 0.2) is 0 Å². The Morgan fingerprint density at radius 1 is 1.21 bits per heavy atom. The Hall–Kier alpha value is -1.65. The molecule has 128 valence electrons. The number of rotatable bonds is 6. The van der Waals surface area contributed by atoms with E-state index in [1.807, 2.05) is 37.1 Å². The molecule has 1 N–H and O–H groups in total. The largest absolute Gasteiger partial charge is 0.506 e. The van der Waals surface area contributed by atoms with E-state index in [4.69, 9.17) is 11.6 Å². The quantitative estimate of drug-likeness (QED) is 0.753. The summed E-state index contributed by atoms with van der Waals surface area (Å²) in [5, 5.41) is 9.76. The molecule has 0 aromatic heterocycles. The number of carbonyl (C=O) groups excluding carboxylic acids is 1. The molecule has 0 saturated heterocycles. The predicted molar refractivity (Wildman–Crippen MR) is 101 cm³/mol. The molecule has 0 spiro atoms. The van der Waals surface area contributed by atoms with E-state index < -0.39 is 0 Å². The van der Waals surface area contributed by atoms with E-state index in [2.05, 4.69) is 12.1 Å². The summed E-state index contributed by atoms with van der Waals surface area (Å²) < 4.78 is 0. The fraction of sp³-hybridized carbons (Fsp3) is 0.316. The molecule has 2 aromatic carbocycles. The maximum absolute atomic E-state index is 12.7. The molecule has 0 fully saturated rings. The van der Waals surface area contributed by atoms with Crippen molar-refractivity contribution in [1.29, 1.82) is 0 Å². The van der Waals surface area contributed by atoms with Crippen molar-refractivity contribution in [2.24, 2.45) is 0 Å². The number of phenolic OH excluding ortho intramolecular Hbond substituents is 1. The highest BCUT2D eigenvalue weighted by Gasteiger charge is 2.18. The molecule has 3 nitrogen and oxygen atoms in total. The third kappa shape index (κ3) is 4.92. The van der Waals surface area contributed by atoms with Gasteiger partial charge >= 0.3 is 0 Å². The second kappa shape index (κ2) is 8.45. The molecular weight excluding hydrogens is 342 g/mol. The van der Waals surface area contributed by atoms with Crippen molar-refractivity contribution in [3.8, 4) is 5.75 Å². The van der Waals surface area contributed by atoms with Crippen LogP contribution in [-0.2, 0) is 17.8 Å². The van der Waals surface area contributed by atoms with Gasteiger partial charge in [-0.25, -0.2) is 0 Å². The number of nitrogens with zero attached hydrogens (tertiary/aromatic N) is 1. The minimum atomic E-state index is 0.0301. The van der Waals surface area contributed by atoms with Crippen LogP contribution in [0.4, 0.5) is 0 Å². The Bertz CT molecular complexity index is 718. The number of thioether (sulfide) groups is 1. The molecule has 2 rings (SSSR count). The summed E-state index contributed by atoms with van der Waals surface area (Å²) in [5.74, 6) is 0.0729. The van der Waals surface area contributed by atoms with E-state index in [-0.39, 0.29) is 29.1 Å². The number of halogens is 1. The van der Waals surface area contributed by atoms with Gasteiger partial charge in [-0.15, -0.1) is 11.8 Å². The summed E-state index contributed by atoms with van der Waals surface area (Å²) in [4.78, 5) is 15.8. The molecule has 2 aromatic rings. The summed E-state index contributed by atoms with van der Waals surface area (Å²) in [6.07, 6.45) is 2.31. The minimum absolute atomic E-state index is 0.0301. The van der Waals surface area contributed by atoms with Crippen molar-refractivity contribution in [3.63, 3.8) is 0 Å². The Balaban J connectivity index is 2.13. The molecule has 0 aliphatic carbocycles. The van der Waals surface area contributed by atoms with Crippen LogP contribution in [-0.4, -0.2) is 28.2 Å². The van der Waals surface area contributed by atoms with Gasteiger partial charge in [0.25, 0.3) is 0 Å². The van der Waals surface area contributed by atoms with Crippen LogP contribution in [0, 0.1) is 0 Å². The molecule has 5 heteroatoms. The highest BCUT2D eigenvalue weighted by atomic mass is 35.5. The van der Waals surface area contributed by atoms with Crippen molar-refractivity contribution in [1.82, 2.24) is 4.90 Å². The zero-order valence-electron chi connectivity index (χ0n) is 14.1. The first-order chi connectivity index (χ1) is 11.4. The van der Waals surface area contributed by atoms with Crippen LogP contribution in [0.15, 0.2) is 47.4 Å². The fourth-order valence-electron chi connectivity index (χ4n) is 2.46. The summed E-state index contributed by atoms with van der Waals surface area (Å²) in [6.45, 7) is 4.61. The molecule has 0 atom stereocenters. The minimum Gasteiger partial charge on any atom is -0.506 e. The van der Waals surface area contributed by atoms with Crippen LogP contribution in [0.1, 0.15) is 25.0 Å². The molecule has 0 bridgehead atoms. The van der Waals surface area contributed by atoms with Crippen molar-refractivity contribution in [3.05, 3.63) is 58.6 Å². The maximum Gasteiger partial charge on any atom is 0.227 e. The number of hydrogen-bond acceptors (Lipinski definition) is 3. The maximum atomic E-state index is 12.7. The highest BCUT2D eigenvalue weighted by molar-refractivity contribution is 7.98. The topological polar surface area (TPSA) is 40.5 Å². The Morgan fingerprint density at radius 3 is 2.58 bits per heavy atom. The summed E-state index contributed by atoms with van der Waals surface area (Å²) in [7, 11) is 0. The van der Waals surface area contributed by atoms with Gasteiger partial charge in [-0.05, 0) is 55.5 Å². The Kier molecular flexibility index (Phi) is 6.58. The lowest BCUT2D eigenvalue weighted by atomic mass is 10.1. The fourth-order valence-corrected chi connectivity index (χ4v) is 3.15. The molecule has 0 aliphatic rings. The van der Waals surface area contributed by atoms with Crippen molar-refractivity contribution in [2.75, 3.05) is 6.26 Å². The van der Waals surface area contributed by atoms with E-state index >= 15 is 0 Å². The normalized spacial score (nSPS) is 10.9. The average molecular weight is 364 g/mol. The lowest BCUT2D eigenvalue weighted by Crippen LogP contribution is -2.37. The summed E-state index contributed by atoms with van der Waals surface area (Å²) in [5.41, 5.74) is 1.92. The second-order valence-electron chi connectivity index (χ2n) is 5.93. The van der Waals surface area contributed by atoms with Crippen LogP contribution < -0.4 is 0 Å². The van der Waals surface area contributed by atoms with Crippen molar-refractivity contribution < 1.29 is 9.90 Å². The predicted octanol–water partition coefficient (Wildman–Crippen LogP) is 4.75. The first-order valence-electron chi connectivity index (χ1n) is 7.80. The Morgan fingerprint density at radius 2 is 1.96 bits per heavy atom. The van der Waals surface area contributed by atoms with Gasteiger partial charge in [0.1, 0.15) is 5.75 Å². The summed E-state index contributed by atoms with van der Waals surface area (Å²) >= 11 is 7.62. The van der Waals surface area contributed by atoms with Crippen LogP contribution in [0.25, 0.3) is 0 Å². The number of aromatic hydroxyl groups is 1. The van der Waals surface area contributed by atoms with Gasteiger partial charge in [0.2, 0.25) is 5.91 Å². The third-order valence-electron chi connectivity index (χ3n) is 3.80. The van der Waals surface area contributed by atoms with E-state index in [0.29, 0.717) is 6.54 Å². The van der Waals surface area contributed by atoms with Gasteiger partial charge in [0, 0.05) is 17.5 Å². The van der Waals surface area contributed by atoms with E-state index in [1.165, 1.54) is 11.0 Å². The van der Waals surface area contributed by atoms with Gasteiger partial charge in [-0.3, -0.25) is 4.79 Å². The first-order valence-corrected chi connectivity index (χ1v) is 9.40. The zero-order valence-corrected chi connectivity index (χ0v) is 15.7. The number of carbonyl (C=O) groups is 1. The van der Waals surface area contributed by atoms with E-state index in [9.17, 15) is 9.90 Å².